The standard InChI is InChI=1S/C10H10ClFO2/c1-2-9(10(11)13)14-8-5-3-7(12)4-6-8/h3-6,9H,2H2,1H3. The molecule has 14 heavy (non-hydrogen) atoms. The van der Waals surface area contributed by atoms with Crippen LogP contribution in [0.25, 0.3) is 0 Å². The number of ether oxygens (including phenoxy) is 1. The van der Waals surface area contributed by atoms with Crippen molar-refractivity contribution in [3.05, 3.63) is 30.1 Å². The van der Waals surface area contributed by atoms with E-state index in [1.54, 1.807) is 6.92 Å². The maximum Gasteiger partial charge on any atom is 0.262 e. The zero-order valence-electron chi connectivity index (χ0n) is 7.67. The fourth-order valence-electron chi connectivity index (χ4n) is 0.968. The average molecular weight is 217 g/mol. The van der Waals surface area contributed by atoms with Crippen LogP contribution in [0.1, 0.15) is 13.3 Å². The van der Waals surface area contributed by atoms with Crippen LogP contribution >= 0.6 is 11.6 Å². The molecule has 1 aromatic carbocycles. The summed E-state index contributed by atoms with van der Waals surface area (Å²) in [6, 6.07) is 5.44. The molecule has 2 nitrogen and oxygen atoms in total. The number of benzene rings is 1. The van der Waals surface area contributed by atoms with E-state index in [9.17, 15) is 9.18 Å². The first-order chi connectivity index (χ1) is 6.63. The predicted molar refractivity (Wildman–Crippen MR) is 52.0 cm³/mol. The Morgan fingerprint density at radius 3 is 2.50 bits per heavy atom. The van der Waals surface area contributed by atoms with E-state index in [1.807, 2.05) is 0 Å². The molecule has 0 aromatic heterocycles. The molecule has 0 spiro atoms. The monoisotopic (exact) mass is 216 g/mol. The Morgan fingerprint density at radius 2 is 2.07 bits per heavy atom. The summed E-state index contributed by atoms with van der Waals surface area (Å²) in [6.07, 6.45) is -0.179. The summed E-state index contributed by atoms with van der Waals surface area (Å²) in [5, 5.41) is -0.545. The zero-order chi connectivity index (χ0) is 10.6. The van der Waals surface area contributed by atoms with Crippen LogP contribution in [0.15, 0.2) is 24.3 Å². The average Bonchev–Trinajstić information content (AvgIpc) is 2.16. The largest absolute Gasteiger partial charge is 0.481 e. The van der Waals surface area contributed by atoms with Crippen molar-refractivity contribution in [2.45, 2.75) is 19.4 Å². The molecule has 1 aromatic rings. The summed E-state index contributed by atoms with van der Waals surface area (Å²) < 4.78 is 17.7. The molecule has 1 atom stereocenters. The maximum atomic E-state index is 12.5. The fourth-order valence-corrected chi connectivity index (χ4v) is 1.17. The van der Waals surface area contributed by atoms with Gasteiger partial charge in [0, 0.05) is 0 Å². The third-order valence-electron chi connectivity index (χ3n) is 1.72. The zero-order valence-corrected chi connectivity index (χ0v) is 8.42. The van der Waals surface area contributed by atoms with Gasteiger partial charge < -0.3 is 4.74 Å². The van der Waals surface area contributed by atoms with Crippen LogP contribution in [-0.4, -0.2) is 11.3 Å². The Kier molecular flexibility index (Phi) is 3.89. The molecule has 0 saturated carbocycles. The number of hydrogen-bond donors (Lipinski definition) is 0. The highest BCUT2D eigenvalue weighted by atomic mass is 35.5. The van der Waals surface area contributed by atoms with E-state index in [2.05, 4.69) is 0 Å². The van der Waals surface area contributed by atoms with Gasteiger partial charge in [-0.05, 0) is 42.3 Å². The highest BCUT2D eigenvalue weighted by Crippen LogP contribution is 2.15. The Balaban J connectivity index is 2.67. The van der Waals surface area contributed by atoms with Crippen molar-refractivity contribution >= 4 is 16.8 Å². The molecule has 0 amide bonds. The van der Waals surface area contributed by atoms with E-state index >= 15 is 0 Å². The van der Waals surface area contributed by atoms with Gasteiger partial charge in [0.15, 0.2) is 6.10 Å². The second kappa shape index (κ2) is 4.96. The van der Waals surface area contributed by atoms with Gasteiger partial charge in [0.2, 0.25) is 0 Å². The molecule has 0 fully saturated rings. The van der Waals surface area contributed by atoms with Gasteiger partial charge in [0.05, 0.1) is 0 Å². The van der Waals surface area contributed by atoms with Crippen molar-refractivity contribution < 1.29 is 13.9 Å². The SMILES string of the molecule is CCC(Oc1ccc(F)cc1)C(=O)Cl. The van der Waals surface area contributed by atoms with E-state index in [4.69, 9.17) is 16.3 Å². The van der Waals surface area contributed by atoms with Crippen LogP contribution in [0.5, 0.6) is 5.75 Å². The predicted octanol–water partition coefficient (Wildman–Crippen LogP) is 2.75. The molecule has 1 unspecified atom stereocenters. The summed E-state index contributed by atoms with van der Waals surface area (Å²) in [7, 11) is 0. The third kappa shape index (κ3) is 3.00. The number of carbonyl (C=O) groups excluding carboxylic acids is 1. The van der Waals surface area contributed by atoms with E-state index in [1.165, 1.54) is 24.3 Å². The van der Waals surface area contributed by atoms with E-state index in [0.717, 1.165) is 0 Å². The van der Waals surface area contributed by atoms with Gasteiger partial charge in [-0.15, -0.1) is 0 Å². The van der Waals surface area contributed by atoms with Gasteiger partial charge in [-0.1, -0.05) is 6.92 Å². The molecule has 0 N–H and O–H groups in total. The Labute approximate surface area is 86.6 Å². The second-order valence-corrected chi connectivity index (χ2v) is 3.15. The summed E-state index contributed by atoms with van der Waals surface area (Å²) in [4.78, 5) is 10.8. The lowest BCUT2D eigenvalue weighted by atomic mass is 10.3. The molecule has 0 aliphatic heterocycles. The lowest BCUT2D eigenvalue weighted by Gasteiger charge is -2.12. The maximum absolute atomic E-state index is 12.5. The molecule has 0 heterocycles. The van der Waals surface area contributed by atoms with Crippen molar-refractivity contribution in [3.63, 3.8) is 0 Å². The van der Waals surface area contributed by atoms with Gasteiger partial charge in [-0.25, -0.2) is 4.39 Å². The molecular formula is C10H10ClFO2. The van der Waals surface area contributed by atoms with Crippen molar-refractivity contribution in [1.82, 2.24) is 0 Å². The van der Waals surface area contributed by atoms with Gasteiger partial charge >= 0.3 is 0 Å². The third-order valence-corrected chi connectivity index (χ3v) is 1.96. The second-order valence-electron chi connectivity index (χ2n) is 2.77. The number of carbonyl (C=O) groups is 1. The van der Waals surface area contributed by atoms with Crippen molar-refractivity contribution in [2.75, 3.05) is 0 Å². The van der Waals surface area contributed by atoms with Crippen molar-refractivity contribution in [2.24, 2.45) is 0 Å². The van der Waals surface area contributed by atoms with Crippen LogP contribution < -0.4 is 4.74 Å². The lowest BCUT2D eigenvalue weighted by molar-refractivity contribution is -0.117. The first-order valence-corrected chi connectivity index (χ1v) is 4.63. The molecule has 0 radical (unpaired) electrons. The minimum atomic E-state index is -0.665. The first kappa shape index (κ1) is 11.0. The first-order valence-electron chi connectivity index (χ1n) is 4.25. The Bertz CT molecular complexity index is 310. The van der Waals surface area contributed by atoms with Gasteiger partial charge in [0.25, 0.3) is 5.24 Å². The summed E-state index contributed by atoms with van der Waals surface area (Å²) in [6.45, 7) is 1.79. The van der Waals surface area contributed by atoms with Crippen molar-refractivity contribution in [3.8, 4) is 5.75 Å². The molecule has 4 heteroatoms. The molecule has 0 aliphatic carbocycles. The molecular weight excluding hydrogens is 207 g/mol. The molecule has 1 rings (SSSR count). The van der Waals surface area contributed by atoms with Gasteiger partial charge in [-0.2, -0.15) is 0 Å². The molecule has 76 valence electrons. The van der Waals surface area contributed by atoms with Crippen LogP contribution in [0, 0.1) is 5.82 Å². The Hall–Kier alpha value is -1.09. The number of halogens is 2. The normalized spacial score (nSPS) is 12.2. The topological polar surface area (TPSA) is 26.3 Å². The highest BCUT2D eigenvalue weighted by Gasteiger charge is 2.15. The van der Waals surface area contributed by atoms with Crippen molar-refractivity contribution in [1.29, 1.82) is 0 Å². The Morgan fingerprint density at radius 1 is 1.50 bits per heavy atom. The quantitative estimate of drug-likeness (QED) is 0.724. The molecule has 0 aliphatic rings. The van der Waals surface area contributed by atoms with Crippen LogP contribution in [0.4, 0.5) is 4.39 Å². The van der Waals surface area contributed by atoms with Crippen LogP contribution in [0.2, 0.25) is 0 Å². The summed E-state index contributed by atoms with van der Waals surface area (Å²) >= 11 is 5.29. The number of rotatable bonds is 4. The smallest absolute Gasteiger partial charge is 0.262 e. The molecule has 0 bridgehead atoms. The highest BCUT2D eigenvalue weighted by molar-refractivity contribution is 6.64. The van der Waals surface area contributed by atoms with Gasteiger partial charge in [0.1, 0.15) is 11.6 Å². The minimum absolute atomic E-state index is 0.345. The molecule has 0 saturated heterocycles. The summed E-state index contributed by atoms with van der Waals surface area (Å²) in [5.41, 5.74) is 0. The van der Waals surface area contributed by atoms with Crippen LogP contribution in [0.3, 0.4) is 0 Å². The van der Waals surface area contributed by atoms with Gasteiger partial charge in [-0.3, -0.25) is 4.79 Å². The lowest BCUT2D eigenvalue weighted by Crippen LogP contribution is -2.22. The number of hydrogen-bond acceptors (Lipinski definition) is 2. The fraction of sp³-hybridized carbons (Fsp3) is 0.300. The minimum Gasteiger partial charge on any atom is -0.481 e. The van der Waals surface area contributed by atoms with E-state index in [-0.39, 0.29) is 5.82 Å². The summed E-state index contributed by atoms with van der Waals surface area (Å²) in [5.74, 6) is 0.0925. The van der Waals surface area contributed by atoms with Crippen LogP contribution in [-0.2, 0) is 4.79 Å². The van der Waals surface area contributed by atoms with E-state index < -0.39 is 11.3 Å². The van der Waals surface area contributed by atoms with E-state index in [0.29, 0.717) is 12.2 Å².